The van der Waals surface area contributed by atoms with E-state index in [4.69, 9.17) is 5.26 Å². The van der Waals surface area contributed by atoms with E-state index in [2.05, 4.69) is 20.5 Å². The van der Waals surface area contributed by atoms with Crippen LogP contribution in [-0.2, 0) is 4.79 Å². The molecule has 0 radical (unpaired) electrons. The van der Waals surface area contributed by atoms with Crippen LogP contribution in [0.4, 0.5) is 10.2 Å². The fourth-order valence-corrected chi connectivity index (χ4v) is 3.36. The van der Waals surface area contributed by atoms with E-state index >= 15 is 0 Å². The lowest BCUT2D eigenvalue weighted by molar-refractivity contribution is -0.130. The molecule has 1 saturated heterocycles. The van der Waals surface area contributed by atoms with Crippen LogP contribution in [-0.4, -0.2) is 44.7 Å². The molecule has 2 aromatic heterocycles. The van der Waals surface area contributed by atoms with Crippen molar-refractivity contribution >= 4 is 22.6 Å². The summed E-state index contributed by atoms with van der Waals surface area (Å²) in [5, 5.41) is 19.4. The highest BCUT2D eigenvalue weighted by Gasteiger charge is 2.42. The molecule has 0 aliphatic carbocycles. The molecule has 0 unspecified atom stereocenters. The van der Waals surface area contributed by atoms with Gasteiger partial charge in [-0.25, -0.2) is 9.37 Å². The van der Waals surface area contributed by atoms with Crippen LogP contribution >= 0.6 is 0 Å². The number of anilines is 1. The first-order valence-corrected chi connectivity index (χ1v) is 8.63. The van der Waals surface area contributed by atoms with Gasteiger partial charge in [-0.15, -0.1) is 0 Å². The summed E-state index contributed by atoms with van der Waals surface area (Å²) >= 11 is 0. The number of aromatic amines is 1. The number of aromatic nitrogens is 3. The summed E-state index contributed by atoms with van der Waals surface area (Å²) < 4.78 is 14.9. The third-order valence-corrected chi connectivity index (χ3v) is 4.79. The van der Waals surface area contributed by atoms with E-state index in [-0.39, 0.29) is 18.8 Å². The molecule has 1 atom stereocenters. The number of amides is 1. The van der Waals surface area contributed by atoms with Crippen molar-refractivity contribution in [2.45, 2.75) is 18.5 Å². The molecule has 2 N–H and O–H groups in total. The SMILES string of the molecule is N#CN1CCC[C@](F)(C(=O)Nc2ccc(-c3cccc4[nH]ncc34)cn2)C1. The molecule has 0 spiro atoms. The average Bonchev–Trinajstić information content (AvgIpc) is 3.17. The Morgan fingerprint density at radius 3 is 3.00 bits per heavy atom. The smallest absolute Gasteiger partial charge is 0.265 e. The van der Waals surface area contributed by atoms with E-state index in [1.807, 2.05) is 30.5 Å². The predicted molar refractivity (Wildman–Crippen MR) is 98.2 cm³/mol. The van der Waals surface area contributed by atoms with E-state index in [0.29, 0.717) is 13.0 Å². The number of pyridine rings is 1. The summed E-state index contributed by atoms with van der Waals surface area (Å²) in [5.41, 5.74) is 0.661. The molecular formula is C19H17FN6O. The minimum Gasteiger partial charge on any atom is -0.308 e. The highest BCUT2D eigenvalue weighted by molar-refractivity contribution is 5.97. The highest BCUT2D eigenvalue weighted by Crippen LogP contribution is 2.29. The van der Waals surface area contributed by atoms with Gasteiger partial charge in [0.05, 0.1) is 18.3 Å². The quantitative estimate of drug-likeness (QED) is 0.697. The fraction of sp³-hybridized carbons (Fsp3) is 0.263. The van der Waals surface area contributed by atoms with Crippen molar-refractivity contribution in [2.75, 3.05) is 18.4 Å². The third kappa shape index (κ3) is 3.19. The maximum Gasteiger partial charge on any atom is 0.265 e. The van der Waals surface area contributed by atoms with E-state index in [1.54, 1.807) is 18.5 Å². The first kappa shape index (κ1) is 17.0. The van der Waals surface area contributed by atoms with Gasteiger partial charge in [-0.3, -0.25) is 9.89 Å². The Morgan fingerprint density at radius 2 is 2.22 bits per heavy atom. The molecule has 8 heteroatoms. The number of piperidine rings is 1. The van der Waals surface area contributed by atoms with Crippen LogP contribution in [0.25, 0.3) is 22.0 Å². The Kier molecular flexibility index (Phi) is 4.20. The molecule has 27 heavy (non-hydrogen) atoms. The average molecular weight is 364 g/mol. The molecule has 1 fully saturated rings. The van der Waals surface area contributed by atoms with Crippen LogP contribution < -0.4 is 5.32 Å². The second kappa shape index (κ2) is 6.68. The van der Waals surface area contributed by atoms with E-state index in [1.165, 1.54) is 4.90 Å². The molecule has 1 aliphatic rings. The van der Waals surface area contributed by atoms with Crippen molar-refractivity contribution in [2.24, 2.45) is 0 Å². The van der Waals surface area contributed by atoms with Crippen LogP contribution in [0.1, 0.15) is 12.8 Å². The number of hydrogen-bond acceptors (Lipinski definition) is 5. The molecule has 136 valence electrons. The van der Waals surface area contributed by atoms with Crippen molar-refractivity contribution in [1.82, 2.24) is 20.1 Å². The van der Waals surface area contributed by atoms with E-state index in [0.717, 1.165) is 22.0 Å². The number of rotatable bonds is 3. The number of benzene rings is 1. The summed E-state index contributed by atoms with van der Waals surface area (Å²) in [7, 11) is 0. The molecule has 1 amide bonds. The molecule has 7 nitrogen and oxygen atoms in total. The van der Waals surface area contributed by atoms with Crippen LogP contribution in [0, 0.1) is 11.5 Å². The number of likely N-dealkylation sites (tertiary alicyclic amines) is 1. The normalized spacial score (nSPS) is 19.6. The van der Waals surface area contributed by atoms with Gasteiger partial charge in [-0.2, -0.15) is 10.4 Å². The second-order valence-corrected chi connectivity index (χ2v) is 6.61. The number of alkyl halides is 1. The number of hydrogen-bond donors (Lipinski definition) is 2. The van der Waals surface area contributed by atoms with Crippen LogP contribution in [0.5, 0.6) is 0 Å². The minimum atomic E-state index is -2.09. The molecule has 3 heterocycles. The van der Waals surface area contributed by atoms with Crippen LogP contribution in [0.2, 0.25) is 0 Å². The summed E-state index contributed by atoms with van der Waals surface area (Å²) in [6, 6.07) is 9.27. The Balaban J connectivity index is 1.52. The topological polar surface area (TPSA) is 97.7 Å². The number of fused-ring (bicyclic) bond motifs is 1. The second-order valence-electron chi connectivity index (χ2n) is 6.61. The van der Waals surface area contributed by atoms with Gasteiger partial charge in [0.15, 0.2) is 6.19 Å². The Labute approximate surface area is 154 Å². The number of nitriles is 1. The largest absolute Gasteiger partial charge is 0.308 e. The highest BCUT2D eigenvalue weighted by atomic mass is 19.1. The summed E-state index contributed by atoms with van der Waals surface area (Å²) in [6.07, 6.45) is 5.83. The molecule has 1 aliphatic heterocycles. The van der Waals surface area contributed by atoms with Gasteiger partial charge < -0.3 is 10.2 Å². The van der Waals surface area contributed by atoms with Gasteiger partial charge in [-0.05, 0) is 36.6 Å². The van der Waals surface area contributed by atoms with Crippen molar-refractivity contribution in [3.8, 4) is 17.3 Å². The van der Waals surface area contributed by atoms with Gasteiger partial charge in [-0.1, -0.05) is 12.1 Å². The number of halogens is 1. The Morgan fingerprint density at radius 1 is 1.33 bits per heavy atom. The maximum absolute atomic E-state index is 14.9. The molecular weight excluding hydrogens is 347 g/mol. The van der Waals surface area contributed by atoms with Crippen LogP contribution in [0.15, 0.2) is 42.7 Å². The van der Waals surface area contributed by atoms with Gasteiger partial charge >= 0.3 is 0 Å². The number of nitrogens with one attached hydrogen (secondary N) is 2. The lowest BCUT2D eigenvalue weighted by Gasteiger charge is -2.33. The van der Waals surface area contributed by atoms with Gasteiger partial charge in [0.25, 0.3) is 5.91 Å². The number of nitrogens with zero attached hydrogens (tertiary/aromatic N) is 4. The molecule has 0 bridgehead atoms. The monoisotopic (exact) mass is 364 g/mol. The first-order chi connectivity index (χ1) is 13.1. The van der Waals surface area contributed by atoms with Gasteiger partial charge in [0, 0.05) is 23.7 Å². The van der Waals surface area contributed by atoms with Gasteiger partial charge in [0.2, 0.25) is 5.67 Å². The fourth-order valence-electron chi connectivity index (χ4n) is 3.36. The Hall–Kier alpha value is -3.47. The maximum atomic E-state index is 14.9. The predicted octanol–water partition coefficient (Wildman–Crippen LogP) is 2.85. The molecule has 1 aromatic carbocycles. The Bertz CT molecular complexity index is 1020. The summed E-state index contributed by atoms with van der Waals surface area (Å²) in [6.45, 7) is 0.248. The van der Waals surface area contributed by atoms with Crippen LogP contribution in [0.3, 0.4) is 0 Å². The first-order valence-electron chi connectivity index (χ1n) is 8.63. The van der Waals surface area contributed by atoms with Crippen molar-refractivity contribution in [1.29, 1.82) is 5.26 Å². The van der Waals surface area contributed by atoms with Crippen molar-refractivity contribution in [3.63, 3.8) is 0 Å². The number of carbonyl (C=O) groups excluding carboxylic acids is 1. The zero-order chi connectivity index (χ0) is 18.9. The van der Waals surface area contributed by atoms with E-state index < -0.39 is 11.6 Å². The van der Waals surface area contributed by atoms with E-state index in [9.17, 15) is 9.18 Å². The summed E-state index contributed by atoms with van der Waals surface area (Å²) in [5.74, 6) is -0.492. The van der Waals surface area contributed by atoms with Gasteiger partial charge in [0.1, 0.15) is 5.82 Å². The zero-order valence-electron chi connectivity index (χ0n) is 14.4. The minimum absolute atomic E-state index is 0.0948. The zero-order valence-corrected chi connectivity index (χ0v) is 14.4. The molecule has 0 saturated carbocycles. The third-order valence-electron chi connectivity index (χ3n) is 4.79. The van der Waals surface area contributed by atoms with Crippen molar-refractivity contribution in [3.05, 3.63) is 42.7 Å². The molecule has 3 aromatic rings. The standard InChI is InChI=1S/C19H17FN6O/c20-19(7-2-8-26(11-19)12-21)18(27)24-17-6-5-13(9-22-17)14-3-1-4-16-15(14)10-23-25-16/h1,3-6,9-10H,2,7-8,11H2,(H,23,25)(H,22,24,27)/t19-/m1/s1. The lowest BCUT2D eigenvalue weighted by Crippen LogP contribution is -2.51. The molecule has 4 rings (SSSR count). The van der Waals surface area contributed by atoms with Crippen molar-refractivity contribution < 1.29 is 9.18 Å². The number of H-pyrrole nitrogens is 1. The summed E-state index contributed by atoms with van der Waals surface area (Å²) in [4.78, 5) is 17.9. The number of carbonyl (C=O) groups is 1. The lowest BCUT2D eigenvalue weighted by atomic mass is 9.94.